The van der Waals surface area contributed by atoms with Crippen LogP contribution in [0.15, 0.2) is 72.8 Å². The molecule has 2 bridgehead atoms. The molecule has 1 N–H and O–H groups in total. The summed E-state index contributed by atoms with van der Waals surface area (Å²) in [4.78, 5) is 15.4. The van der Waals surface area contributed by atoms with Crippen molar-refractivity contribution in [1.82, 2.24) is 4.90 Å². The standard InChI is InChI=1S/C35H40BNO5/c1-33(2)34(3,4)42-36(41-33)24-15-13-23(14-16-24)19-35(39)20-25-17-18-26(21-35)37(25)32(38)40-22-31-29-11-7-5-9-27(29)28-10-6-8-12-30(28)31/h5-16,25-26,31,39H,17-22H2,1-4H3. The molecule has 1 aliphatic carbocycles. The molecule has 4 aliphatic rings. The first-order valence-electron chi connectivity index (χ1n) is 15.3. The van der Waals surface area contributed by atoms with Crippen LogP contribution in [0.1, 0.15) is 76.0 Å². The van der Waals surface area contributed by atoms with E-state index in [0.29, 0.717) is 25.9 Å². The highest BCUT2D eigenvalue weighted by Crippen LogP contribution is 2.46. The van der Waals surface area contributed by atoms with Crippen molar-refractivity contribution in [2.75, 3.05) is 6.61 Å². The lowest BCUT2D eigenvalue weighted by Gasteiger charge is -2.43. The van der Waals surface area contributed by atoms with Crippen LogP contribution in [0.2, 0.25) is 0 Å². The van der Waals surface area contributed by atoms with Crippen molar-refractivity contribution < 1.29 is 23.9 Å². The summed E-state index contributed by atoms with van der Waals surface area (Å²) in [5.74, 6) is 0.0425. The first kappa shape index (κ1) is 27.7. The van der Waals surface area contributed by atoms with Crippen molar-refractivity contribution in [3.8, 4) is 11.1 Å². The normalized spacial score (nSPS) is 27.2. The lowest BCUT2D eigenvalue weighted by atomic mass is 9.77. The molecular formula is C35H40BNO5. The SMILES string of the molecule is CC1(C)OB(c2ccc(CC3(O)CC4CCC(C3)N4C(=O)OCC3c4ccccc4-c4ccccc43)cc2)OC1(C)C. The molecule has 0 aromatic heterocycles. The van der Waals surface area contributed by atoms with Crippen LogP contribution in [-0.4, -0.2) is 58.7 Å². The number of piperidine rings is 1. The number of carbonyl (C=O) groups is 1. The molecule has 3 aromatic carbocycles. The molecule has 2 unspecified atom stereocenters. The van der Waals surface area contributed by atoms with Gasteiger partial charge in [0.1, 0.15) is 6.61 Å². The van der Waals surface area contributed by atoms with Gasteiger partial charge in [0.25, 0.3) is 0 Å². The van der Waals surface area contributed by atoms with Gasteiger partial charge in [0.15, 0.2) is 0 Å². The van der Waals surface area contributed by atoms with Crippen LogP contribution in [-0.2, 0) is 20.5 Å². The second-order valence-corrected chi connectivity index (χ2v) is 13.7. The maximum atomic E-state index is 13.5. The smallest absolute Gasteiger partial charge is 0.448 e. The molecule has 3 fully saturated rings. The van der Waals surface area contributed by atoms with Crippen molar-refractivity contribution in [1.29, 1.82) is 0 Å². The summed E-state index contributed by atoms with van der Waals surface area (Å²) in [5.41, 5.74) is 5.32. The lowest BCUT2D eigenvalue weighted by Crippen LogP contribution is -2.54. The predicted molar refractivity (Wildman–Crippen MR) is 164 cm³/mol. The van der Waals surface area contributed by atoms with Gasteiger partial charge in [0, 0.05) is 24.4 Å². The van der Waals surface area contributed by atoms with E-state index in [9.17, 15) is 9.90 Å². The number of aliphatic hydroxyl groups is 1. The van der Waals surface area contributed by atoms with Gasteiger partial charge in [0.2, 0.25) is 0 Å². The van der Waals surface area contributed by atoms with Gasteiger partial charge in [0.05, 0.1) is 16.8 Å². The predicted octanol–water partition coefficient (Wildman–Crippen LogP) is 5.84. The molecule has 1 amide bonds. The van der Waals surface area contributed by atoms with Gasteiger partial charge in [-0.2, -0.15) is 0 Å². The molecule has 6 nitrogen and oxygen atoms in total. The number of nitrogens with zero attached hydrogens (tertiary/aromatic N) is 1. The maximum absolute atomic E-state index is 13.5. The second kappa shape index (κ2) is 9.97. The quantitative estimate of drug-likeness (QED) is 0.394. The Morgan fingerprint density at radius 3 is 1.93 bits per heavy atom. The Labute approximate surface area is 249 Å². The third-order valence-electron chi connectivity index (χ3n) is 10.4. The van der Waals surface area contributed by atoms with Crippen LogP contribution in [0.5, 0.6) is 0 Å². The fraction of sp³-hybridized carbons (Fsp3) is 0.457. The zero-order valence-corrected chi connectivity index (χ0v) is 25.0. The maximum Gasteiger partial charge on any atom is 0.494 e. The Hall–Kier alpha value is -3.13. The highest BCUT2D eigenvalue weighted by Gasteiger charge is 2.52. The molecule has 218 valence electrons. The van der Waals surface area contributed by atoms with Gasteiger partial charge in [-0.15, -0.1) is 0 Å². The van der Waals surface area contributed by atoms with E-state index in [-0.39, 0.29) is 35.3 Å². The summed E-state index contributed by atoms with van der Waals surface area (Å²) in [6.07, 6.45) is 3.23. The zero-order chi connectivity index (χ0) is 29.3. The highest BCUT2D eigenvalue weighted by molar-refractivity contribution is 6.62. The van der Waals surface area contributed by atoms with Gasteiger partial charge >= 0.3 is 13.2 Å². The molecule has 3 aliphatic heterocycles. The van der Waals surface area contributed by atoms with Crippen LogP contribution in [0.3, 0.4) is 0 Å². The summed E-state index contributed by atoms with van der Waals surface area (Å²) < 4.78 is 18.4. The topological polar surface area (TPSA) is 68.2 Å². The minimum atomic E-state index is -0.849. The average Bonchev–Trinajstić information content (AvgIpc) is 3.51. The Bertz CT molecular complexity index is 1430. The van der Waals surface area contributed by atoms with Gasteiger partial charge in [-0.1, -0.05) is 72.8 Å². The number of carbonyl (C=O) groups excluding carboxylic acids is 1. The van der Waals surface area contributed by atoms with Crippen LogP contribution in [0.25, 0.3) is 11.1 Å². The summed E-state index contributed by atoms with van der Waals surface area (Å²) in [6.45, 7) is 8.54. The monoisotopic (exact) mass is 565 g/mol. The molecule has 0 radical (unpaired) electrons. The fourth-order valence-electron chi connectivity index (χ4n) is 7.59. The van der Waals surface area contributed by atoms with E-state index in [2.05, 4.69) is 88.4 Å². The Morgan fingerprint density at radius 2 is 1.38 bits per heavy atom. The summed E-state index contributed by atoms with van der Waals surface area (Å²) in [6, 6.07) is 25.0. The number of hydrogen-bond donors (Lipinski definition) is 1. The van der Waals surface area contributed by atoms with E-state index < -0.39 is 12.7 Å². The molecule has 42 heavy (non-hydrogen) atoms. The van der Waals surface area contributed by atoms with Crippen molar-refractivity contribution in [2.45, 2.75) is 94.6 Å². The van der Waals surface area contributed by atoms with Gasteiger partial charge in [-0.05, 0) is 86.7 Å². The third-order valence-corrected chi connectivity index (χ3v) is 10.4. The van der Waals surface area contributed by atoms with E-state index >= 15 is 0 Å². The molecule has 2 atom stereocenters. The third kappa shape index (κ3) is 4.66. The van der Waals surface area contributed by atoms with Gasteiger partial charge in [-0.25, -0.2) is 4.79 Å². The van der Waals surface area contributed by atoms with Crippen molar-refractivity contribution in [3.05, 3.63) is 89.5 Å². The Kier molecular flexibility index (Phi) is 6.57. The van der Waals surface area contributed by atoms with Crippen LogP contribution in [0, 0.1) is 0 Å². The van der Waals surface area contributed by atoms with E-state index in [1.807, 2.05) is 17.0 Å². The Balaban J connectivity index is 0.991. The van der Waals surface area contributed by atoms with Crippen LogP contribution in [0.4, 0.5) is 4.79 Å². The molecule has 3 aromatic rings. The molecule has 0 spiro atoms. The molecule has 0 saturated carbocycles. The molecule has 7 heteroatoms. The number of ether oxygens (including phenoxy) is 1. The first-order chi connectivity index (χ1) is 20.0. The van der Waals surface area contributed by atoms with Crippen molar-refractivity contribution in [2.24, 2.45) is 0 Å². The van der Waals surface area contributed by atoms with Crippen molar-refractivity contribution in [3.63, 3.8) is 0 Å². The minimum absolute atomic E-state index is 0.00609. The largest absolute Gasteiger partial charge is 0.494 e. The number of benzene rings is 3. The Morgan fingerprint density at radius 1 is 0.857 bits per heavy atom. The minimum Gasteiger partial charge on any atom is -0.448 e. The number of hydrogen-bond acceptors (Lipinski definition) is 5. The number of amides is 1. The molecular weight excluding hydrogens is 525 g/mol. The zero-order valence-electron chi connectivity index (χ0n) is 25.0. The van der Waals surface area contributed by atoms with Gasteiger partial charge in [-0.3, -0.25) is 0 Å². The molecule has 7 rings (SSSR count). The fourth-order valence-corrected chi connectivity index (χ4v) is 7.59. The summed E-state index contributed by atoms with van der Waals surface area (Å²) >= 11 is 0. The number of rotatable bonds is 5. The van der Waals surface area contributed by atoms with Crippen molar-refractivity contribution >= 4 is 18.7 Å². The van der Waals surface area contributed by atoms with E-state index in [4.69, 9.17) is 14.0 Å². The van der Waals surface area contributed by atoms with Crippen LogP contribution >= 0.6 is 0 Å². The highest BCUT2D eigenvalue weighted by atomic mass is 16.7. The van der Waals surface area contributed by atoms with E-state index in [1.165, 1.54) is 22.3 Å². The first-order valence-corrected chi connectivity index (χ1v) is 15.3. The second-order valence-electron chi connectivity index (χ2n) is 13.7. The lowest BCUT2D eigenvalue weighted by molar-refractivity contribution is -0.0479. The summed E-state index contributed by atoms with van der Waals surface area (Å²) in [7, 11) is -0.400. The van der Waals surface area contributed by atoms with Crippen LogP contribution < -0.4 is 5.46 Å². The number of fused-ring (bicyclic) bond motifs is 5. The van der Waals surface area contributed by atoms with E-state index in [1.54, 1.807) is 0 Å². The van der Waals surface area contributed by atoms with Gasteiger partial charge < -0.3 is 24.1 Å². The molecule has 3 saturated heterocycles. The molecule has 3 heterocycles. The van der Waals surface area contributed by atoms with E-state index in [0.717, 1.165) is 23.9 Å². The summed E-state index contributed by atoms with van der Waals surface area (Å²) in [5, 5.41) is 11.7. The average molecular weight is 566 g/mol.